The quantitative estimate of drug-likeness (QED) is 0.770. The monoisotopic (exact) mass is 435 g/mol. The number of hydrogen-bond donors (Lipinski definition) is 2. The van der Waals surface area contributed by atoms with Gasteiger partial charge >= 0.3 is 0 Å². The maximum Gasteiger partial charge on any atom is 0.275 e. The zero-order valence-corrected chi connectivity index (χ0v) is 16.8. The molecule has 1 saturated heterocycles. The molecule has 1 fully saturated rings. The van der Waals surface area contributed by atoms with E-state index in [4.69, 9.17) is 0 Å². The van der Waals surface area contributed by atoms with Crippen molar-refractivity contribution >= 4 is 23.6 Å². The van der Waals surface area contributed by atoms with Crippen molar-refractivity contribution in [3.63, 3.8) is 0 Å². The number of hydrogen-bond acceptors (Lipinski definition) is 5. The van der Waals surface area contributed by atoms with Gasteiger partial charge in [-0.25, -0.2) is 8.78 Å². The number of nitrogens with one attached hydrogen (secondary N) is 1. The standard InChI is InChI=1S/C20H19F2N3O4S/c1-10-4-5-25-15(30-10)9-24-8-13(17(26)18(27)16(24)20(25)29)19(28)23-7-11-2-3-12(21)6-14(11)22/h2-3,6,8,10,15,27H,4-5,7,9H2,1H3,(H,23,28). The van der Waals surface area contributed by atoms with Crippen LogP contribution in [0.3, 0.4) is 0 Å². The number of halogens is 2. The number of fused-ring (bicyclic) bond motifs is 2. The Morgan fingerprint density at radius 3 is 2.83 bits per heavy atom. The van der Waals surface area contributed by atoms with E-state index in [1.54, 1.807) is 16.7 Å². The van der Waals surface area contributed by atoms with Crippen LogP contribution in [0.1, 0.15) is 39.8 Å². The van der Waals surface area contributed by atoms with Gasteiger partial charge in [-0.1, -0.05) is 13.0 Å². The Hall–Kier alpha value is -2.88. The number of nitrogens with zero attached hydrogens (tertiary/aromatic N) is 2. The maximum atomic E-state index is 13.8. The summed E-state index contributed by atoms with van der Waals surface area (Å²) in [5, 5.41) is 13.0. The minimum absolute atomic E-state index is 0.0467. The number of rotatable bonds is 3. The number of carbonyl (C=O) groups excluding carboxylic acids is 2. The fourth-order valence-corrected chi connectivity index (χ4v) is 5.04. The van der Waals surface area contributed by atoms with Crippen LogP contribution < -0.4 is 10.7 Å². The van der Waals surface area contributed by atoms with Crippen LogP contribution in [0, 0.1) is 11.6 Å². The number of benzene rings is 1. The van der Waals surface area contributed by atoms with E-state index >= 15 is 0 Å². The Morgan fingerprint density at radius 2 is 2.10 bits per heavy atom. The molecule has 158 valence electrons. The largest absolute Gasteiger partial charge is 0.503 e. The first-order chi connectivity index (χ1) is 14.3. The molecule has 2 N–H and O–H groups in total. The Kier molecular flexibility index (Phi) is 5.27. The lowest BCUT2D eigenvalue weighted by molar-refractivity contribution is 0.0655. The smallest absolute Gasteiger partial charge is 0.275 e. The lowest BCUT2D eigenvalue weighted by Gasteiger charge is -2.42. The molecule has 0 spiro atoms. The Balaban J connectivity index is 1.61. The van der Waals surface area contributed by atoms with Gasteiger partial charge in [-0.05, 0) is 12.5 Å². The van der Waals surface area contributed by atoms with Crippen molar-refractivity contribution < 1.29 is 23.5 Å². The molecule has 1 aromatic heterocycles. The molecule has 1 aromatic carbocycles. The van der Waals surface area contributed by atoms with Crippen LogP contribution in [0.2, 0.25) is 0 Å². The summed E-state index contributed by atoms with van der Waals surface area (Å²) in [5.41, 5.74) is -1.41. The van der Waals surface area contributed by atoms with Crippen LogP contribution >= 0.6 is 11.8 Å². The molecule has 10 heteroatoms. The number of pyridine rings is 1. The van der Waals surface area contributed by atoms with E-state index in [1.165, 1.54) is 16.8 Å². The molecule has 0 bridgehead atoms. The van der Waals surface area contributed by atoms with E-state index in [1.807, 2.05) is 0 Å². The van der Waals surface area contributed by atoms with E-state index in [-0.39, 0.29) is 28.7 Å². The second-order valence-corrected chi connectivity index (χ2v) is 8.95. The predicted octanol–water partition coefficient (Wildman–Crippen LogP) is 2.07. The molecule has 0 saturated carbocycles. The van der Waals surface area contributed by atoms with E-state index < -0.39 is 34.6 Å². The average Bonchev–Trinajstić information content (AvgIpc) is 2.69. The maximum absolute atomic E-state index is 13.8. The molecule has 2 unspecified atom stereocenters. The van der Waals surface area contributed by atoms with Crippen LogP contribution in [0.25, 0.3) is 0 Å². The van der Waals surface area contributed by atoms with Crippen LogP contribution in [-0.4, -0.2) is 43.6 Å². The zero-order valence-electron chi connectivity index (χ0n) is 16.0. The highest BCUT2D eigenvalue weighted by molar-refractivity contribution is 8.00. The first-order valence-corrected chi connectivity index (χ1v) is 10.4. The second-order valence-electron chi connectivity index (χ2n) is 7.33. The highest BCUT2D eigenvalue weighted by Crippen LogP contribution is 2.35. The topological polar surface area (TPSA) is 91.6 Å². The molecular weight excluding hydrogens is 416 g/mol. The normalized spacial score (nSPS) is 20.5. The fourth-order valence-electron chi connectivity index (χ4n) is 3.67. The summed E-state index contributed by atoms with van der Waals surface area (Å²) >= 11 is 1.62. The lowest BCUT2D eigenvalue weighted by Crippen LogP contribution is -2.51. The van der Waals surface area contributed by atoms with Crippen molar-refractivity contribution in [1.82, 2.24) is 14.8 Å². The second kappa shape index (κ2) is 7.75. The molecule has 30 heavy (non-hydrogen) atoms. The molecule has 2 atom stereocenters. The van der Waals surface area contributed by atoms with Crippen molar-refractivity contribution in [3.8, 4) is 5.75 Å². The van der Waals surface area contributed by atoms with Crippen LogP contribution in [0.5, 0.6) is 5.75 Å². The third-order valence-electron chi connectivity index (χ3n) is 5.29. The van der Waals surface area contributed by atoms with Gasteiger partial charge < -0.3 is 19.9 Å². The summed E-state index contributed by atoms with van der Waals surface area (Å²) < 4.78 is 28.2. The molecule has 0 aliphatic carbocycles. The first-order valence-electron chi connectivity index (χ1n) is 9.41. The van der Waals surface area contributed by atoms with E-state index in [0.29, 0.717) is 24.4 Å². The number of thioether (sulfide) groups is 1. The van der Waals surface area contributed by atoms with Crippen molar-refractivity contribution in [2.24, 2.45) is 0 Å². The minimum Gasteiger partial charge on any atom is -0.503 e. The Morgan fingerprint density at radius 1 is 1.33 bits per heavy atom. The SMILES string of the molecule is CC1CCN2C(=O)c3c(O)c(=O)c(C(=O)NCc4ccc(F)cc4F)cn3CC2S1. The molecule has 4 rings (SSSR count). The minimum atomic E-state index is -0.969. The molecule has 2 aliphatic rings. The summed E-state index contributed by atoms with van der Waals surface area (Å²) in [7, 11) is 0. The van der Waals surface area contributed by atoms with Gasteiger partial charge in [-0.3, -0.25) is 14.4 Å². The molecule has 2 aromatic rings. The van der Waals surface area contributed by atoms with Gasteiger partial charge in [-0.15, -0.1) is 11.8 Å². The molecule has 7 nitrogen and oxygen atoms in total. The van der Waals surface area contributed by atoms with Crippen LogP contribution in [0.15, 0.2) is 29.2 Å². The molecular formula is C20H19F2N3O4S. The lowest BCUT2D eigenvalue weighted by atomic mass is 10.1. The van der Waals surface area contributed by atoms with Gasteiger partial charge in [0.15, 0.2) is 11.4 Å². The number of aromatic nitrogens is 1. The summed E-state index contributed by atoms with van der Waals surface area (Å²) in [6.07, 6.45) is 2.07. The summed E-state index contributed by atoms with van der Waals surface area (Å²) in [6.45, 7) is 2.67. The Labute approximate surface area is 174 Å². The Bertz CT molecular complexity index is 1100. The molecule has 2 aliphatic heterocycles. The van der Waals surface area contributed by atoms with Gasteiger partial charge in [0, 0.05) is 36.2 Å². The van der Waals surface area contributed by atoms with Gasteiger partial charge in [0.25, 0.3) is 11.8 Å². The number of aromatic hydroxyl groups is 1. The highest BCUT2D eigenvalue weighted by atomic mass is 32.2. The van der Waals surface area contributed by atoms with Crippen molar-refractivity contribution in [1.29, 1.82) is 0 Å². The van der Waals surface area contributed by atoms with E-state index in [0.717, 1.165) is 12.5 Å². The number of amides is 2. The third kappa shape index (κ3) is 3.55. The van der Waals surface area contributed by atoms with Crippen LogP contribution in [-0.2, 0) is 13.1 Å². The van der Waals surface area contributed by atoms with Gasteiger partial charge in [0.2, 0.25) is 5.43 Å². The number of carbonyl (C=O) groups is 2. The van der Waals surface area contributed by atoms with Crippen molar-refractivity contribution in [2.75, 3.05) is 6.54 Å². The highest BCUT2D eigenvalue weighted by Gasteiger charge is 2.39. The van der Waals surface area contributed by atoms with Gasteiger partial charge in [0.1, 0.15) is 17.2 Å². The molecule has 0 radical (unpaired) electrons. The van der Waals surface area contributed by atoms with E-state index in [2.05, 4.69) is 12.2 Å². The van der Waals surface area contributed by atoms with Crippen molar-refractivity contribution in [2.45, 2.75) is 37.1 Å². The average molecular weight is 435 g/mol. The first kappa shape index (κ1) is 20.4. The summed E-state index contributed by atoms with van der Waals surface area (Å²) in [5.74, 6) is -3.61. The molecule has 2 amide bonds. The zero-order chi connectivity index (χ0) is 21.6. The fraction of sp³-hybridized carbons (Fsp3) is 0.350. The predicted molar refractivity (Wildman–Crippen MR) is 106 cm³/mol. The van der Waals surface area contributed by atoms with E-state index in [9.17, 15) is 28.3 Å². The summed E-state index contributed by atoms with van der Waals surface area (Å²) in [6, 6.07) is 2.95. The van der Waals surface area contributed by atoms with Gasteiger partial charge in [0.05, 0.1) is 11.9 Å². The van der Waals surface area contributed by atoms with Crippen molar-refractivity contribution in [3.05, 3.63) is 63.1 Å². The van der Waals surface area contributed by atoms with Gasteiger partial charge in [-0.2, -0.15) is 0 Å². The van der Waals surface area contributed by atoms with Crippen LogP contribution in [0.4, 0.5) is 8.78 Å². The third-order valence-corrected chi connectivity index (χ3v) is 6.70. The summed E-state index contributed by atoms with van der Waals surface area (Å²) in [4.78, 5) is 39.5. The molecule has 3 heterocycles.